The van der Waals surface area contributed by atoms with Crippen molar-refractivity contribution in [3.05, 3.63) is 64.0 Å². The van der Waals surface area contributed by atoms with Crippen molar-refractivity contribution in [3.63, 3.8) is 0 Å². The van der Waals surface area contributed by atoms with Gasteiger partial charge in [0.2, 0.25) is 5.95 Å². The summed E-state index contributed by atoms with van der Waals surface area (Å²) in [5, 5.41) is 1.04. The molecule has 1 aliphatic heterocycles. The average Bonchev–Trinajstić information content (AvgIpc) is 2.64. The van der Waals surface area contributed by atoms with E-state index in [1.165, 1.54) is 12.4 Å². The molecule has 1 aromatic carbocycles. The Labute approximate surface area is 150 Å². The molecule has 26 heavy (non-hydrogen) atoms. The maximum absolute atomic E-state index is 12.9. The lowest BCUT2D eigenvalue weighted by atomic mass is 10.1. The summed E-state index contributed by atoms with van der Waals surface area (Å²) in [4.78, 5) is 27.7. The lowest BCUT2D eigenvalue weighted by molar-refractivity contribution is 0.248. The summed E-state index contributed by atoms with van der Waals surface area (Å²) in [7, 11) is 0. The van der Waals surface area contributed by atoms with E-state index in [0.29, 0.717) is 12.5 Å². The van der Waals surface area contributed by atoms with E-state index < -0.39 is 5.82 Å². The first-order valence-electron chi connectivity index (χ1n) is 8.66. The highest BCUT2D eigenvalue weighted by Crippen LogP contribution is 2.16. The molecule has 0 amide bonds. The molecule has 6 nitrogen and oxygen atoms in total. The Morgan fingerprint density at radius 2 is 1.85 bits per heavy atom. The molecule has 1 saturated heterocycles. The summed E-state index contributed by atoms with van der Waals surface area (Å²) in [6, 6.07) is 8.05. The predicted octanol–water partition coefficient (Wildman–Crippen LogP) is 2.09. The molecule has 3 heterocycles. The second-order valence-corrected chi connectivity index (χ2v) is 6.68. The van der Waals surface area contributed by atoms with Gasteiger partial charge in [0.15, 0.2) is 5.82 Å². The number of H-pyrrole nitrogens is 1. The molecule has 134 valence electrons. The van der Waals surface area contributed by atoms with Crippen LogP contribution in [0.5, 0.6) is 0 Å². The minimum Gasteiger partial charge on any atom is -0.338 e. The van der Waals surface area contributed by atoms with E-state index in [-0.39, 0.29) is 5.56 Å². The van der Waals surface area contributed by atoms with Gasteiger partial charge in [-0.2, -0.15) is 0 Å². The van der Waals surface area contributed by atoms with Gasteiger partial charge in [0.1, 0.15) is 0 Å². The van der Waals surface area contributed by atoms with E-state index in [9.17, 15) is 9.18 Å². The van der Waals surface area contributed by atoms with Crippen molar-refractivity contribution >= 4 is 16.9 Å². The van der Waals surface area contributed by atoms with Crippen LogP contribution in [0.3, 0.4) is 0 Å². The molecular weight excluding hydrogens is 333 g/mol. The molecule has 1 N–H and O–H groups in total. The largest absolute Gasteiger partial charge is 0.338 e. The van der Waals surface area contributed by atoms with Crippen molar-refractivity contribution < 1.29 is 4.39 Å². The average molecular weight is 353 g/mol. The first kappa shape index (κ1) is 16.7. The fourth-order valence-corrected chi connectivity index (χ4v) is 3.29. The zero-order valence-electron chi connectivity index (χ0n) is 14.6. The first-order valence-corrected chi connectivity index (χ1v) is 8.66. The smallest absolute Gasteiger partial charge is 0.252 e. The van der Waals surface area contributed by atoms with Gasteiger partial charge in [0.05, 0.1) is 12.4 Å². The second kappa shape index (κ2) is 6.84. The van der Waals surface area contributed by atoms with Crippen molar-refractivity contribution in [2.45, 2.75) is 13.5 Å². The van der Waals surface area contributed by atoms with Gasteiger partial charge in [-0.15, -0.1) is 0 Å². The van der Waals surface area contributed by atoms with E-state index in [1.807, 2.05) is 36.1 Å². The number of hydrogen-bond donors (Lipinski definition) is 1. The third kappa shape index (κ3) is 3.43. The molecule has 0 unspecified atom stereocenters. The number of benzene rings is 1. The normalized spacial score (nSPS) is 15.5. The van der Waals surface area contributed by atoms with Crippen molar-refractivity contribution in [2.75, 3.05) is 31.1 Å². The van der Waals surface area contributed by atoms with Crippen LogP contribution in [0.4, 0.5) is 10.3 Å². The second-order valence-electron chi connectivity index (χ2n) is 6.68. The Hall–Kier alpha value is -2.80. The number of nitrogens with zero attached hydrogens (tertiary/aromatic N) is 4. The fourth-order valence-electron chi connectivity index (χ4n) is 3.29. The third-order valence-electron chi connectivity index (χ3n) is 4.73. The molecule has 0 bridgehead atoms. The molecular formula is C19H20FN5O. The van der Waals surface area contributed by atoms with E-state index in [1.54, 1.807) is 0 Å². The number of anilines is 1. The Kier molecular flexibility index (Phi) is 4.38. The summed E-state index contributed by atoms with van der Waals surface area (Å²) in [5.74, 6) is 0.114. The van der Waals surface area contributed by atoms with Crippen molar-refractivity contribution in [1.82, 2.24) is 19.9 Å². The van der Waals surface area contributed by atoms with Gasteiger partial charge in [0, 0.05) is 43.8 Å². The number of fused-ring (bicyclic) bond motifs is 1. The predicted molar refractivity (Wildman–Crippen MR) is 98.8 cm³/mol. The van der Waals surface area contributed by atoms with Crippen LogP contribution in [0, 0.1) is 12.7 Å². The number of pyridine rings is 1. The summed E-state index contributed by atoms with van der Waals surface area (Å²) in [5.41, 5.74) is 2.73. The number of aromatic amines is 1. The third-order valence-corrected chi connectivity index (χ3v) is 4.73. The number of aryl methyl sites for hydroxylation is 1. The molecule has 1 aliphatic rings. The van der Waals surface area contributed by atoms with Gasteiger partial charge in [-0.3, -0.25) is 9.69 Å². The van der Waals surface area contributed by atoms with Crippen molar-refractivity contribution in [1.29, 1.82) is 0 Å². The Bertz CT molecular complexity index is 977. The highest BCUT2D eigenvalue weighted by molar-refractivity contribution is 5.79. The Morgan fingerprint density at radius 1 is 1.12 bits per heavy atom. The molecule has 2 aromatic heterocycles. The van der Waals surface area contributed by atoms with Crippen LogP contribution in [0.1, 0.15) is 11.1 Å². The van der Waals surface area contributed by atoms with Crippen LogP contribution in [0.15, 0.2) is 41.5 Å². The van der Waals surface area contributed by atoms with E-state index in [0.717, 1.165) is 48.2 Å². The van der Waals surface area contributed by atoms with Gasteiger partial charge in [-0.1, -0.05) is 12.1 Å². The Balaban J connectivity index is 1.45. The monoisotopic (exact) mass is 353 g/mol. The standard InChI is InChI=1S/C19H20FN5O/c1-13-2-3-14-9-15(18(26)23-17(14)8-13)12-24-4-6-25(7-5-24)19-21-10-16(20)11-22-19/h2-3,8-11H,4-7,12H2,1H3,(H,23,26). The molecule has 7 heteroatoms. The zero-order chi connectivity index (χ0) is 18.1. The number of hydrogen-bond acceptors (Lipinski definition) is 5. The molecule has 4 rings (SSSR count). The minimum absolute atomic E-state index is 0.0348. The molecule has 0 aliphatic carbocycles. The van der Waals surface area contributed by atoms with Crippen molar-refractivity contribution in [3.8, 4) is 0 Å². The highest BCUT2D eigenvalue weighted by Gasteiger charge is 2.20. The number of aromatic nitrogens is 3. The Morgan fingerprint density at radius 3 is 2.58 bits per heavy atom. The van der Waals surface area contributed by atoms with Gasteiger partial charge in [-0.25, -0.2) is 14.4 Å². The van der Waals surface area contributed by atoms with Gasteiger partial charge < -0.3 is 9.88 Å². The fraction of sp³-hybridized carbons (Fsp3) is 0.316. The van der Waals surface area contributed by atoms with Crippen LogP contribution in [-0.4, -0.2) is 46.0 Å². The van der Waals surface area contributed by atoms with E-state index in [4.69, 9.17) is 0 Å². The van der Waals surface area contributed by atoms with E-state index in [2.05, 4.69) is 19.9 Å². The quantitative estimate of drug-likeness (QED) is 0.781. The van der Waals surface area contributed by atoms with Crippen molar-refractivity contribution in [2.24, 2.45) is 0 Å². The van der Waals surface area contributed by atoms with Crippen LogP contribution in [0.2, 0.25) is 0 Å². The van der Waals surface area contributed by atoms with Crippen LogP contribution in [0.25, 0.3) is 10.9 Å². The van der Waals surface area contributed by atoms with Gasteiger partial charge in [-0.05, 0) is 30.0 Å². The number of halogens is 1. The number of rotatable bonds is 3. The lowest BCUT2D eigenvalue weighted by Crippen LogP contribution is -2.47. The summed E-state index contributed by atoms with van der Waals surface area (Å²) < 4.78 is 12.9. The van der Waals surface area contributed by atoms with E-state index >= 15 is 0 Å². The summed E-state index contributed by atoms with van der Waals surface area (Å²) in [6.07, 6.45) is 2.37. The van der Waals surface area contributed by atoms with Gasteiger partial charge in [0.25, 0.3) is 5.56 Å². The van der Waals surface area contributed by atoms with Crippen LogP contribution in [-0.2, 0) is 6.54 Å². The highest BCUT2D eigenvalue weighted by atomic mass is 19.1. The topological polar surface area (TPSA) is 65.1 Å². The first-order chi connectivity index (χ1) is 12.6. The molecule has 0 saturated carbocycles. The van der Waals surface area contributed by atoms with Crippen LogP contribution >= 0.6 is 0 Å². The minimum atomic E-state index is -0.432. The van der Waals surface area contributed by atoms with Crippen LogP contribution < -0.4 is 10.5 Å². The molecule has 0 radical (unpaired) electrons. The summed E-state index contributed by atoms with van der Waals surface area (Å²) in [6.45, 7) is 5.71. The van der Waals surface area contributed by atoms with Gasteiger partial charge >= 0.3 is 0 Å². The molecule has 0 atom stereocenters. The zero-order valence-corrected chi connectivity index (χ0v) is 14.6. The lowest BCUT2D eigenvalue weighted by Gasteiger charge is -2.34. The molecule has 0 spiro atoms. The maximum atomic E-state index is 12.9. The maximum Gasteiger partial charge on any atom is 0.252 e. The summed E-state index contributed by atoms with van der Waals surface area (Å²) >= 11 is 0. The SMILES string of the molecule is Cc1ccc2cc(CN3CCN(c4ncc(F)cn4)CC3)c(=O)[nH]c2c1. The molecule has 1 fully saturated rings. The number of piperazine rings is 1. The molecule has 3 aromatic rings. The number of nitrogens with one attached hydrogen (secondary N) is 1.